The van der Waals surface area contributed by atoms with E-state index < -0.39 is 14.2 Å². The van der Waals surface area contributed by atoms with E-state index in [9.17, 15) is 5.11 Å². The number of methoxy groups -OCH3 is 3. The number of hydrogen-bond donors (Lipinski definition) is 1. The Kier molecular flexibility index (Phi) is 7.95. The molecule has 33 heavy (non-hydrogen) atoms. The molecular weight excluding hydrogens is 500 g/mol. The van der Waals surface area contributed by atoms with Crippen LogP contribution in [0.25, 0.3) is 10.8 Å². The van der Waals surface area contributed by atoms with Crippen LogP contribution in [0.5, 0.6) is 23.0 Å². The van der Waals surface area contributed by atoms with Crippen LogP contribution in [-0.4, -0.2) is 34.5 Å². The molecule has 1 unspecified atom stereocenters. The summed E-state index contributed by atoms with van der Waals surface area (Å²) in [4.78, 5) is 0. The second-order valence-electron chi connectivity index (χ2n) is 8.54. The van der Waals surface area contributed by atoms with Crippen LogP contribution < -0.4 is 18.9 Å². The summed E-state index contributed by atoms with van der Waals surface area (Å²) in [6.45, 7) is 6.77. The number of benzene rings is 3. The van der Waals surface area contributed by atoms with Gasteiger partial charge in [0.25, 0.3) is 0 Å². The molecule has 0 saturated carbocycles. The molecule has 0 fully saturated rings. The van der Waals surface area contributed by atoms with Crippen LogP contribution in [0.3, 0.4) is 0 Å². The number of aliphatic hydroxyl groups is 1. The fourth-order valence-electron chi connectivity index (χ4n) is 3.43. The van der Waals surface area contributed by atoms with Crippen molar-refractivity contribution in [1.82, 2.24) is 0 Å². The van der Waals surface area contributed by atoms with Gasteiger partial charge in [-0.25, -0.2) is 0 Å². The maximum absolute atomic E-state index is 10.9. The Balaban J connectivity index is 2.24. The standard InChI is InChI=1S/C26H29BrO5Si/c1-29-22-15-21(32-16-17-10-8-7-9-11-17)23-19(25(22)30-2)14-18(24(27)26(23)31-3)20(28)12-13-33(4,5)6/h7-11,14-15,20,28H,16H2,1-6H3. The molecule has 3 rings (SSSR count). The normalized spacial score (nSPS) is 12.0. The summed E-state index contributed by atoms with van der Waals surface area (Å²) in [5.74, 6) is 5.16. The number of aliphatic hydroxyl groups excluding tert-OH is 1. The Hall–Kier alpha value is -2.66. The minimum absolute atomic E-state index is 0.373. The van der Waals surface area contributed by atoms with Crippen molar-refractivity contribution in [3.63, 3.8) is 0 Å². The van der Waals surface area contributed by atoms with Gasteiger partial charge in [0.15, 0.2) is 11.5 Å². The lowest BCUT2D eigenvalue weighted by molar-refractivity contribution is 0.237. The molecule has 0 bridgehead atoms. The number of halogens is 1. The molecule has 0 aliphatic heterocycles. The molecule has 0 amide bonds. The van der Waals surface area contributed by atoms with Gasteiger partial charge in [-0.1, -0.05) is 55.9 Å². The van der Waals surface area contributed by atoms with E-state index in [1.165, 1.54) is 0 Å². The Labute approximate surface area is 204 Å². The second kappa shape index (κ2) is 10.5. The molecule has 0 aromatic heterocycles. The van der Waals surface area contributed by atoms with Crippen molar-refractivity contribution >= 4 is 34.8 Å². The van der Waals surface area contributed by atoms with Crippen molar-refractivity contribution < 1.29 is 24.1 Å². The van der Waals surface area contributed by atoms with Gasteiger partial charge < -0.3 is 24.1 Å². The molecule has 1 atom stereocenters. The zero-order chi connectivity index (χ0) is 24.2. The van der Waals surface area contributed by atoms with E-state index in [4.69, 9.17) is 18.9 Å². The Morgan fingerprint density at radius 1 is 0.939 bits per heavy atom. The van der Waals surface area contributed by atoms with E-state index in [-0.39, 0.29) is 0 Å². The van der Waals surface area contributed by atoms with Gasteiger partial charge in [-0.15, -0.1) is 5.54 Å². The van der Waals surface area contributed by atoms with E-state index in [1.54, 1.807) is 27.4 Å². The number of hydrogen-bond acceptors (Lipinski definition) is 5. The van der Waals surface area contributed by atoms with Crippen LogP contribution in [0.1, 0.15) is 17.2 Å². The lowest BCUT2D eigenvalue weighted by Gasteiger charge is -2.20. The molecule has 3 aromatic rings. The Morgan fingerprint density at radius 3 is 2.18 bits per heavy atom. The third-order valence-electron chi connectivity index (χ3n) is 4.97. The van der Waals surface area contributed by atoms with Crippen LogP contribution >= 0.6 is 15.9 Å². The van der Waals surface area contributed by atoms with E-state index >= 15 is 0 Å². The van der Waals surface area contributed by atoms with Crippen LogP contribution in [0.4, 0.5) is 0 Å². The van der Waals surface area contributed by atoms with E-state index in [0.29, 0.717) is 50.4 Å². The van der Waals surface area contributed by atoms with Crippen molar-refractivity contribution in [3.8, 4) is 34.5 Å². The van der Waals surface area contributed by atoms with E-state index in [1.807, 2.05) is 36.4 Å². The van der Waals surface area contributed by atoms with Gasteiger partial charge in [-0.05, 0) is 27.6 Å². The van der Waals surface area contributed by atoms with Crippen molar-refractivity contribution in [1.29, 1.82) is 0 Å². The van der Waals surface area contributed by atoms with Crippen LogP contribution in [0, 0.1) is 11.5 Å². The summed E-state index contributed by atoms with van der Waals surface area (Å²) in [5, 5.41) is 12.3. The fourth-order valence-corrected chi connectivity index (χ4v) is 4.69. The summed E-state index contributed by atoms with van der Waals surface area (Å²) >= 11 is 3.63. The highest BCUT2D eigenvalue weighted by molar-refractivity contribution is 9.10. The average Bonchev–Trinajstić information content (AvgIpc) is 2.80. The SMILES string of the molecule is COc1cc(OCc2ccccc2)c2c(OC)c(Br)c(C(O)C#C[Si](C)(C)C)cc2c1OC. The fraction of sp³-hybridized carbons (Fsp3) is 0.308. The first-order valence-electron chi connectivity index (χ1n) is 10.5. The molecule has 3 aromatic carbocycles. The first kappa shape index (κ1) is 25.0. The molecule has 0 aliphatic carbocycles. The summed E-state index contributed by atoms with van der Waals surface area (Å²) in [7, 11) is 3.08. The molecule has 1 N–H and O–H groups in total. The van der Waals surface area contributed by atoms with Crippen molar-refractivity contribution in [2.75, 3.05) is 21.3 Å². The second-order valence-corrected chi connectivity index (χ2v) is 14.1. The van der Waals surface area contributed by atoms with Gasteiger partial charge in [0.1, 0.15) is 32.3 Å². The molecule has 0 saturated heterocycles. The zero-order valence-electron chi connectivity index (χ0n) is 19.8. The van der Waals surface area contributed by atoms with Crippen molar-refractivity contribution in [3.05, 3.63) is 58.1 Å². The topological polar surface area (TPSA) is 57.2 Å². The zero-order valence-corrected chi connectivity index (χ0v) is 22.4. The van der Waals surface area contributed by atoms with Gasteiger partial charge in [0.2, 0.25) is 0 Å². The molecule has 0 heterocycles. The van der Waals surface area contributed by atoms with Gasteiger partial charge in [-0.3, -0.25) is 0 Å². The molecule has 174 valence electrons. The monoisotopic (exact) mass is 528 g/mol. The first-order chi connectivity index (χ1) is 15.7. The quantitative estimate of drug-likeness (QED) is 0.295. The third-order valence-corrected chi connectivity index (χ3v) is 6.68. The molecule has 0 spiro atoms. The number of ether oxygens (including phenoxy) is 4. The van der Waals surface area contributed by atoms with E-state index in [0.717, 1.165) is 5.56 Å². The minimum Gasteiger partial charge on any atom is -0.495 e. The van der Waals surface area contributed by atoms with Gasteiger partial charge in [0.05, 0.1) is 31.2 Å². The largest absolute Gasteiger partial charge is 0.495 e. The predicted molar refractivity (Wildman–Crippen MR) is 138 cm³/mol. The van der Waals surface area contributed by atoms with Crippen molar-refractivity contribution in [2.24, 2.45) is 0 Å². The van der Waals surface area contributed by atoms with Gasteiger partial charge >= 0.3 is 0 Å². The highest BCUT2D eigenvalue weighted by atomic mass is 79.9. The maximum Gasteiger partial charge on any atom is 0.168 e. The first-order valence-corrected chi connectivity index (χ1v) is 14.8. The van der Waals surface area contributed by atoms with Gasteiger partial charge in [-0.2, -0.15) is 0 Å². The smallest absolute Gasteiger partial charge is 0.168 e. The Bertz CT molecular complexity index is 1190. The van der Waals surface area contributed by atoms with Gasteiger partial charge in [0, 0.05) is 17.0 Å². The lowest BCUT2D eigenvalue weighted by Crippen LogP contribution is -2.17. The molecular formula is C26H29BrO5Si. The highest BCUT2D eigenvalue weighted by Gasteiger charge is 2.24. The molecule has 7 heteroatoms. The summed E-state index contributed by atoms with van der Waals surface area (Å²) in [6.07, 6.45) is -0.992. The molecule has 5 nitrogen and oxygen atoms in total. The predicted octanol–water partition coefficient (Wildman–Crippen LogP) is 6.12. The highest BCUT2D eigenvalue weighted by Crippen LogP contribution is 2.50. The summed E-state index contributed by atoms with van der Waals surface area (Å²) in [5.41, 5.74) is 4.85. The lowest BCUT2D eigenvalue weighted by atomic mass is 10.00. The van der Waals surface area contributed by atoms with Crippen molar-refractivity contribution in [2.45, 2.75) is 32.4 Å². The summed E-state index contributed by atoms with van der Waals surface area (Å²) < 4.78 is 23.9. The van der Waals surface area contributed by atoms with E-state index in [2.05, 4.69) is 47.0 Å². The Morgan fingerprint density at radius 2 is 1.61 bits per heavy atom. The maximum atomic E-state index is 10.9. The third kappa shape index (κ3) is 5.64. The van der Waals surface area contributed by atoms with Crippen LogP contribution in [0.15, 0.2) is 46.9 Å². The van der Waals surface area contributed by atoms with Crippen LogP contribution in [0.2, 0.25) is 19.6 Å². The summed E-state index contributed by atoms with van der Waals surface area (Å²) in [6, 6.07) is 13.6. The molecule has 0 aliphatic rings. The number of fused-ring (bicyclic) bond motifs is 1. The minimum atomic E-state index is -1.66. The molecule has 0 radical (unpaired) electrons. The number of rotatable bonds is 7. The average molecular weight is 530 g/mol. The van der Waals surface area contributed by atoms with Crippen LogP contribution in [-0.2, 0) is 6.61 Å².